The molecule has 28 heavy (non-hydrogen) atoms. The molecule has 1 amide bonds. The number of hydrogen-bond acceptors (Lipinski definition) is 3. The average molecular weight is 393 g/mol. The number of halogens is 1. The fourth-order valence-corrected chi connectivity index (χ4v) is 2.68. The first-order valence-corrected chi connectivity index (χ1v) is 9.38. The van der Waals surface area contributed by atoms with Crippen LogP contribution in [0, 0.1) is 0 Å². The van der Waals surface area contributed by atoms with Crippen molar-refractivity contribution in [3.8, 4) is 0 Å². The number of pyridine rings is 1. The predicted molar refractivity (Wildman–Crippen MR) is 114 cm³/mol. The molecule has 0 aliphatic carbocycles. The van der Waals surface area contributed by atoms with E-state index in [0.29, 0.717) is 23.1 Å². The first-order chi connectivity index (χ1) is 13.6. The number of aryl methyl sites for hydroxylation is 1. The summed E-state index contributed by atoms with van der Waals surface area (Å²) in [7, 11) is 0. The molecule has 3 rings (SSSR count). The average Bonchev–Trinajstić information content (AvgIpc) is 2.73. The van der Waals surface area contributed by atoms with E-state index in [9.17, 15) is 4.79 Å². The summed E-state index contributed by atoms with van der Waals surface area (Å²) in [6.45, 7) is 2.49. The Hall–Kier alpha value is -3.18. The van der Waals surface area contributed by atoms with Gasteiger partial charge in [0.25, 0.3) is 5.91 Å². The summed E-state index contributed by atoms with van der Waals surface area (Å²) in [5.74, 6) is 0.109. The molecule has 0 atom stereocenters. The Balaban J connectivity index is 1.80. The minimum Gasteiger partial charge on any atom is -0.326 e. The topological polar surface area (TPSA) is 66.4 Å². The molecule has 142 valence electrons. The lowest BCUT2D eigenvalue weighted by atomic mass is 10.1. The number of benzene rings is 2. The molecule has 5 nitrogen and oxygen atoms in total. The normalized spacial score (nSPS) is 11.1. The van der Waals surface area contributed by atoms with Gasteiger partial charge in [-0.05, 0) is 60.0 Å². The lowest BCUT2D eigenvalue weighted by Gasteiger charge is -2.13. The largest absolute Gasteiger partial charge is 0.326 e. The molecule has 0 spiro atoms. The monoisotopic (exact) mass is 392 g/mol. The molecular weight excluding hydrogens is 372 g/mol. The number of carbonyl (C=O) groups is 1. The van der Waals surface area contributed by atoms with Crippen LogP contribution in [0.15, 0.2) is 78.0 Å². The highest BCUT2D eigenvalue weighted by Gasteiger charge is 2.10. The molecule has 1 aromatic heterocycles. The van der Waals surface area contributed by atoms with Crippen molar-refractivity contribution in [1.29, 1.82) is 0 Å². The third-order valence-electron chi connectivity index (χ3n) is 4.08. The second-order valence-electron chi connectivity index (χ2n) is 6.17. The van der Waals surface area contributed by atoms with Crippen LogP contribution in [0.2, 0.25) is 5.02 Å². The summed E-state index contributed by atoms with van der Waals surface area (Å²) < 4.78 is 0. The van der Waals surface area contributed by atoms with Gasteiger partial charge in [0.15, 0.2) is 0 Å². The number of aromatic nitrogens is 1. The Morgan fingerprint density at radius 1 is 1.07 bits per heavy atom. The van der Waals surface area contributed by atoms with Gasteiger partial charge in [-0.2, -0.15) is 0 Å². The lowest BCUT2D eigenvalue weighted by molar-refractivity contribution is 0.0977. The molecule has 0 bridgehead atoms. The number of rotatable bonds is 5. The van der Waals surface area contributed by atoms with E-state index in [-0.39, 0.29) is 5.91 Å². The predicted octanol–water partition coefficient (Wildman–Crippen LogP) is 4.70. The highest BCUT2D eigenvalue weighted by molar-refractivity contribution is 6.30. The maximum atomic E-state index is 12.6. The molecule has 0 saturated carbocycles. The SMILES string of the molecule is CCc1cccc(NC(=NCc2cccnc2)NC(=O)c2ccc(Cl)cc2)c1. The van der Waals surface area contributed by atoms with Crippen molar-refractivity contribution >= 4 is 29.2 Å². The molecule has 0 aliphatic heterocycles. The molecular formula is C22H21ClN4O. The Morgan fingerprint density at radius 3 is 2.57 bits per heavy atom. The van der Waals surface area contributed by atoms with Crippen LogP contribution in [-0.2, 0) is 13.0 Å². The van der Waals surface area contributed by atoms with Crippen molar-refractivity contribution in [3.05, 3.63) is 94.8 Å². The standard InChI is InChI=1S/C22H21ClN4O/c1-2-16-5-3-7-20(13-16)26-22(25-15-17-6-4-12-24-14-17)27-21(28)18-8-10-19(23)11-9-18/h3-14H,2,15H2,1H3,(H2,25,26,27,28). The van der Waals surface area contributed by atoms with Crippen molar-refractivity contribution in [3.63, 3.8) is 0 Å². The Morgan fingerprint density at radius 2 is 1.86 bits per heavy atom. The van der Waals surface area contributed by atoms with Gasteiger partial charge in [0.2, 0.25) is 5.96 Å². The zero-order valence-corrected chi connectivity index (χ0v) is 16.3. The van der Waals surface area contributed by atoms with Crippen LogP contribution in [0.5, 0.6) is 0 Å². The van der Waals surface area contributed by atoms with Gasteiger partial charge < -0.3 is 5.32 Å². The van der Waals surface area contributed by atoms with Crippen molar-refractivity contribution in [2.24, 2.45) is 4.99 Å². The third kappa shape index (κ3) is 5.66. The molecule has 0 aliphatic rings. The smallest absolute Gasteiger partial charge is 0.257 e. The van der Waals surface area contributed by atoms with Crippen LogP contribution in [-0.4, -0.2) is 16.9 Å². The molecule has 3 aromatic rings. The fourth-order valence-electron chi connectivity index (χ4n) is 2.56. The quantitative estimate of drug-likeness (QED) is 0.488. The van der Waals surface area contributed by atoms with Crippen molar-refractivity contribution in [2.45, 2.75) is 19.9 Å². The summed E-state index contributed by atoms with van der Waals surface area (Å²) >= 11 is 5.90. The van der Waals surface area contributed by atoms with Crippen LogP contribution in [0.1, 0.15) is 28.4 Å². The van der Waals surface area contributed by atoms with Gasteiger partial charge in [-0.25, -0.2) is 4.99 Å². The van der Waals surface area contributed by atoms with Crippen molar-refractivity contribution < 1.29 is 4.79 Å². The molecule has 0 unspecified atom stereocenters. The maximum absolute atomic E-state index is 12.6. The number of hydrogen-bond donors (Lipinski definition) is 2. The fraction of sp³-hybridized carbons (Fsp3) is 0.136. The van der Waals surface area contributed by atoms with E-state index in [1.807, 2.05) is 30.3 Å². The van der Waals surface area contributed by atoms with Gasteiger partial charge >= 0.3 is 0 Å². The second-order valence-corrected chi connectivity index (χ2v) is 6.60. The number of carbonyl (C=O) groups excluding carboxylic acids is 1. The van der Waals surface area contributed by atoms with E-state index in [1.54, 1.807) is 36.7 Å². The van der Waals surface area contributed by atoms with Gasteiger partial charge in [0, 0.05) is 28.7 Å². The highest BCUT2D eigenvalue weighted by atomic mass is 35.5. The summed E-state index contributed by atoms with van der Waals surface area (Å²) in [5.41, 5.74) is 3.51. The van der Waals surface area contributed by atoms with Crippen molar-refractivity contribution in [2.75, 3.05) is 5.32 Å². The van der Waals surface area contributed by atoms with Gasteiger partial charge in [-0.3, -0.25) is 15.1 Å². The number of anilines is 1. The number of aliphatic imine (C=N–C) groups is 1. The molecule has 0 saturated heterocycles. The highest BCUT2D eigenvalue weighted by Crippen LogP contribution is 2.12. The van der Waals surface area contributed by atoms with Gasteiger partial charge in [0.05, 0.1) is 6.54 Å². The number of nitrogens with one attached hydrogen (secondary N) is 2. The minimum absolute atomic E-state index is 0.263. The van der Waals surface area contributed by atoms with E-state index in [4.69, 9.17) is 11.6 Å². The molecule has 2 aromatic carbocycles. The van der Waals surface area contributed by atoms with Crippen LogP contribution >= 0.6 is 11.6 Å². The van der Waals surface area contributed by atoms with E-state index in [0.717, 1.165) is 17.7 Å². The second kappa shape index (κ2) is 9.67. The minimum atomic E-state index is -0.263. The first-order valence-electron chi connectivity index (χ1n) is 9.00. The summed E-state index contributed by atoms with van der Waals surface area (Å²) in [6, 6.07) is 18.5. The van der Waals surface area contributed by atoms with E-state index >= 15 is 0 Å². The van der Waals surface area contributed by atoms with Crippen LogP contribution in [0.3, 0.4) is 0 Å². The zero-order chi connectivity index (χ0) is 19.8. The van der Waals surface area contributed by atoms with E-state index < -0.39 is 0 Å². The first kappa shape index (κ1) is 19.6. The van der Waals surface area contributed by atoms with Crippen LogP contribution in [0.4, 0.5) is 5.69 Å². The zero-order valence-electron chi connectivity index (χ0n) is 15.5. The molecule has 2 N–H and O–H groups in total. The van der Waals surface area contributed by atoms with Gasteiger partial charge in [0.1, 0.15) is 0 Å². The Bertz CT molecular complexity index is 956. The maximum Gasteiger partial charge on any atom is 0.257 e. The van der Waals surface area contributed by atoms with Gasteiger partial charge in [-0.15, -0.1) is 0 Å². The summed E-state index contributed by atoms with van der Waals surface area (Å²) in [5, 5.41) is 6.63. The number of nitrogens with zero attached hydrogens (tertiary/aromatic N) is 2. The van der Waals surface area contributed by atoms with Crippen LogP contribution < -0.4 is 10.6 Å². The molecule has 1 heterocycles. The molecule has 0 fully saturated rings. The Kier molecular flexibility index (Phi) is 6.76. The summed E-state index contributed by atoms with van der Waals surface area (Å²) in [4.78, 5) is 21.2. The number of guanidine groups is 1. The van der Waals surface area contributed by atoms with E-state index in [1.165, 1.54) is 5.56 Å². The lowest BCUT2D eigenvalue weighted by Crippen LogP contribution is -2.36. The van der Waals surface area contributed by atoms with Gasteiger partial charge in [-0.1, -0.05) is 36.7 Å². The van der Waals surface area contributed by atoms with Crippen LogP contribution in [0.25, 0.3) is 0 Å². The number of amides is 1. The summed E-state index contributed by atoms with van der Waals surface area (Å²) in [6.07, 6.45) is 4.39. The Labute approximate surface area is 169 Å². The van der Waals surface area contributed by atoms with Crippen molar-refractivity contribution in [1.82, 2.24) is 10.3 Å². The molecule has 0 radical (unpaired) electrons. The van der Waals surface area contributed by atoms with E-state index in [2.05, 4.69) is 33.6 Å². The molecule has 6 heteroatoms. The third-order valence-corrected chi connectivity index (χ3v) is 4.33.